The van der Waals surface area contributed by atoms with Crippen LogP contribution in [0.1, 0.15) is 56.1 Å². The lowest BCUT2D eigenvalue weighted by atomic mass is 10.00. The van der Waals surface area contributed by atoms with Crippen molar-refractivity contribution in [1.29, 1.82) is 0 Å². The molecule has 0 radical (unpaired) electrons. The Hall–Kier alpha value is -5.63. The highest BCUT2D eigenvalue weighted by molar-refractivity contribution is 5.97. The van der Waals surface area contributed by atoms with Crippen LogP contribution in [0, 0.1) is 6.92 Å². The lowest BCUT2D eigenvalue weighted by molar-refractivity contribution is -0.142. The number of amides is 7. The number of aryl methyl sites for hydroxylation is 1. The van der Waals surface area contributed by atoms with Crippen molar-refractivity contribution in [3.8, 4) is 5.75 Å². The topological polar surface area (TPSA) is 311 Å². The number of primary amides is 1. The molecule has 7 amide bonds. The van der Waals surface area contributed by atoms with E-state index in [1.807, 2.05) is 0 Å². The van der Waals surface area contributed by atoms with Crippen LogP contribution in [0.5, 0.6) is 5.75 Å². The SMILES string of the molecule is CC(=O)N[C@H](C(=O)N[C@@H](Cc1cnc[nH]1)C(=O)N1CCC[C@H]1C(=O)N[C@H](C)C(=O)N[C@@H](Cc1cnc(C)c(O)c1CO)C(=O)NCC(N)=O)[C@@H](C)O. The lowest BCUT2D eigenvalue weighted by Crippen LogP contribution is -2.60. The van der Waals surface area contributed by atoms with E-state index in [0.29, 0.717) is 12.1 Å². The number of carbonyl (C=O) groups is 7. The quantitative estimate of drug-likeness (QED) is 0.0746. The van der Waals surface area contributed by atoms with E-state index in [4.69, 9.17) is 5.73 Å². The van der Waals surface area contributed by atoms with Crippen molar-refractivity contribution >= 4 is 41.4 Å². The van der Waals surface area contributed by atoms with Crippen molar-refractivity contribution in [3.05, 3.63) is 41.2 Å². The first-order valence-electron chi connectivity index (χ1n) is 16.5. The summed E-state index contributed by atoms with van der Waals surface area (Å²) in [5.41, 5.74) is 6.17. The molecule has 0 spiro atoms. The van der Waals surface area contributed by atoms with Gasteiger partial charge >= 0.3 is 0 Å². The number of nitrogens with one attached hydrogen (secondary N) is 6. The molecule has 284 valence electrons. The van der Waals surface area contributed by atoms with Crippen molar-refractivity contribution in [1.82, 2.24) is 46.4 Å². The van der Waals surface area contributed by atoms with Gasteiger partial charge in [-0.2, -0.15) is 0 Å². The maximum atomic E-state index is 13.9. The van der Waals surface area contributed by atoms with Gasteiger partial charge in [0, 0.05) is 50.0 Å². The predicted molar refractivity (Wildman–Crippen MR) is 180 cm³/mol. The van der Waals surface area contributed by atoms with Gasteiger partial charge in [-0.1, -0.05) is 0 Å². The van der Waals surface area contributed by atoms with Gasteiger partial charge in [0.1, 0.15) is 36.0 Å². The molecule has 1 aliphatic rings. The van der Waals surface area contributed by atoms with Crippen molar-refractivity contribution in [2.24, 2.45) is 5.73 Å². The number of H-pyrrole nitrogens is 1. The lowest BCUT2D eigenvalue weighted by Gasteiger charge is -2.30. The van der Waals surface area contributed by atoms with E-state index < -0.39 is 90.8 Å². The summed E-state index contributed by atoms with van der Waals surface area (Å²) in [5.74, 6) is -5.50. The smallest absolute Gasteiger partial charge is 0.246 e. The van der Waals surface area contributed by atoms with Crippen LogP contribution in [-0.2, 0) is 53.0 Å². The first kappa shape index (κ1) is 40.8. The molecule has 3 rings (SSSR count). The number of aromatic nitrogens is 3. The van der Waals surface area contributed by atoms with Crippen LogP contribution in [-0.4, -0.2) is 126 Å². The number of carbonyl (C=O) groups excluding carboxylic acids is 7. The van der Waals surface area contributed by atoms with Crippen molar-refractivity contribution in [2.75, 3.05) is 13.1 Å². The van der Waals surface area contributed by atoms with E-state index in [0.717, 1.165) is 0 Å². The third-order valence-corrected chi connectivity index (χ3v) is 8.39. The average molecular weight is 731 g/mol. The molecule has 0 bridgehead atoms. The van der Waals surface area contributed by atoms with Crippen LogP contribution in [0.4, 0.5) is 0 Å². The zero-order valence-electron chi connectivity index (χ0n) is 29.3. The first-order chi connectivity index (χ1) is 24.5. The van der Waals surface area contributed by atoms with Gasteiger partial charge in [0.15, 0.2) is 0 Å². The molecular formula is C32H46N10O10. The molecule has 2 aromatic heterocycles. The zero-order valence-corrected chi connectivity index (χ0v) is 29.3. The number of nitrogens with zero attached hydrogens (tertiary/aromatic N) is 3. The zero-order chi connectivity index (χ0) is 38.7. The van der Waals surface area contributed by atoms with Crippen LogP contribution in [0.3, 0.4) is 0 Å². The minimum atomic E-state index is -1.36. The van der Waals surface area contributed by atoms with Gasteiger partial charge in [0.25, 0.3) is 0 Å². The number of aromatic amines is 1. The maximum Gasteiger partial charge on any atom is 0.246 e. The van der Waals surface area contributed by atoms with E-state index in [1.165, 1.54) is 51.3 Å². The molecular weight excluding hydrogens is 684 g/mol. The minimum Gasteiger partial charge on any atom is -0.506 e. The molecule has 6 atom stereocenters. The summed E-state index contributed by atoms with van der Waals surface area (Å²) in [5, 5.41) is 42.6. The second-order valence-corrected chi connectivity index (χ2v) is 12.5. The Labute approximate surface area is 298 Å². The Morgan fingerprint density at radius 3 is 2.29 bits per heavy atom. The van der Waals surface area contributed by atoms with Crippen LogP contribution >= 0.6 is 0 Å². The highest BCUT2D eigenvalue weighted by Gasteiger charge is 2.40. The molecule has 0 saturated carbocycles. The monoisotopic (exact) mass is 730 g/mol. The van der Waals surface area contributed by atoms with Crippen LogP contribution in [0.2, 0.25) is 0 Å². The summed E-state index contributed by atoms with van der Waals surface area (Å²) in [4.78, 5) is 102. The van der Waals surface area contributed by atoms with Crippen LogP contribution in [0.15, 0.2) is 18.7 Å². The third-order valence-electron chi connectivity index (χ3n) is 8.39. The summed E-state index contributed by atoms with van der Waals surface area (Å²) in [6, 6.07) is -6.26. The largest absolute Gasteiger partial charge is 0.506 e. The molecule has 1 saturated heterocycles. The number of aromatic hydroxyl groups is 1. The fourth-order valence-electron chi connectivity index (χ4n) is 5.64. The van der Waals surface area contributed by atoms with Crippen LogP contribution < -0.4 is 32.3 Å². The molecule has 0 unspecified atom stereocenters. The summed E-state index contributed by atoms with van der Waals surface area (Å²) in [6.45, 7) is 4.34. The van der Waals surface area contributed by atoms with E-state index in [2.05, 4.69) is 41.5 Å². The summed E-state index contributed by atoms with van der Waals surface area (Å²) >= 11 is 0. The van der Waals surface area contributed by atoms with Gasteiger partial charge < -0.3 is 57.5 Å². The fraction of sp³-hybridized carbons (Fsp3) is 0.531. The van der Waals surface area contributed by atoms with E-state index in [9.17, 15) is 48.9 Å². The Bertz CT molecular complexity index is 1630. The van der Waals surface area contributed by atoms with E-state index in [1.54, 1.807) is 0 Å². The van der Waals surface area contributed by atoms with Crippen LogP contribution in [0.25, 0.3) is 0 Å². The fourth-order valence-corrected chi connectivity index (χ4v) is 5.64. The minimum absolute atomic E-state index is 0.0632. The van der Waals surface area contributed by atoms with E-state index in [-0.39, 0.29) is 48.4 Å². The Kier molecular flexibility index (Phi) is 14.6. The number of imidazole rings is 1. The standard InChI is InChI=1S/C32H46N10O10/c1-15-27(47)21(13-43)19(10-35-15)8-22(29(49)36-12-25(33)46)40-28(48)16(2)38-30(50)24-6-5-7-42(24)32(52)23(9-20-11-34-14-37-20)41-31(51)26(17(3)44)39-18(4)45/h10-11,14,16-17,22-24,26,43-44,47H,5-9,12-13H2,1-4H3,(H2,33,46)(H,34,37)(H,36,49)(H,38,50)(H,39,45)(H,40,48)(H,41,51)/t16-,17-,22+,23+,24+,26+/m1/s1. The number of nitrogens with two attached hydrogens (primary N) is 1. The average Bonchev–Trinajstić information content (AvgIpc) is 3.79. The first-order valence-corrected chi connectivity index (χ1v) is 16.5. The number of hydrogen-bond donors (Lipinski definition) is 10. The normalized spacial score (nSPS) is 16.8. The number of hydrogen-bond acceptors (Lipinski definition) is 12. The number of aliphatic hydroxyl groups excluding tert-OH is 2. The molecule has 52 heavy (non-hydrogen) atoms. The highest BCUT2D eigenvalue weighted by Crippen LogP contribution is 2.25. The molecule has 0 aliphatic carbocycles. The number of likely N-dealkylation sites (tertiary alicyclic amines) is 1. The van der Waals surface area contributed by atoms with Gasteiger partial charge in [0.05, 0.1) is 31.3 Å². The molecule has 20 nitrogen and oxygen atoms in total. The highest BCUT2D eigenvalue weighted by atomic mass is 16.3. The van der Waals surface area contributed by atoms with Crippen molar-refractivity contribution in [3.63, 3.8) is 0 Å². The van der Waals surface area contributed by atoms with Gasteiger partial charge in [-0.05, 0) is 39.2 Å². The van der Waals surface area contributed by atoms with E-state index >= 15 is 0 Å². The van der Waals surface area contributed by atoms with Crippen molar-refractivity contribution < 1.29 is 48.9 Å². The van der Waals surface area contributed by atoms with Gasteiger partial charge in [-0.25, -0.2) is 4.98 Å². The van der Waals surface area contributed by atoms with Gasteiger partial charge in [-0.15, -0.1) is 0 Å². The number of pyridine rings is 1. The summed E-state index contributed by atoms with van der Waals surface area (Å²) < 4.78 is 0. The molecule has 11 N–H and O–H groups in total. The molecule has 0 aromatic carbocycles. The Morgan fingerprint density at radius 2 is 1.69 bits per heavy atom. The number of rotatable bonds is 17. The molecule has 1 aliphatic heterocycles. The Balaban J connectivity index is 1.76. The molecule has 2 aromatic rings. The van der Waals surface area contributed by atoms with Crippen molar-refractivity contribution in [2.45, 2.75) is 96.3 Å². The number of aliphatic hydroxyl groups is 2. The predicted octanol–water partition coefficient (Wildman–Crippen LogP) is -3.95. The summed E-state index contributed by atoms with van der Waals surface area (Å²) in [6.07, 6.45) is 3.18. The third kappa shape index (κ3) is 10.9. The second-order valence-electron chi connectivity index (χ2n) is 12.5. The van der Waals surface area contributed by atoms with Gasteiger partial charge in [-0.3, -0.25) is 38.5 Å². The molecule has 20 heteroatoms. The molecule has 3 heterocycles. The summed E-state index contributed by atoms with van der Waals surface area (Å²) in [7, 11) is 0. The van der Waals surface area contributed by atoms with Gasteiger partial charge in [0.2, 0.25) is 41.4 Å². The maximum absolute atomic E-state index is 13.9. The second kappa shape index (κ2) is 18.6. The molecule has 1 fully saturated rings. The Morgan fingerprint density at radius 1 is 1.00 bits per heavy atom.